The molecule has 4 rings (SSSR count). The zero-order chi connectivity index (χ0) is 25.9. The molecule has 196 valence electrons. The number of halogens is 3. The summed E-state index contributed by atoms with van der Waals surface area (Å²) in [6.45, 7) is 4.59. The zero-order valence-electron chi connectivity index (χ0n) is 20.1. The molecule has 0 aliphatic carbocycles. The highest BCUT2D eigenvalue weighted by atomic mass is 32.2. The minimum Gasteiger partial charge on any atom is -0.494 e. The molecule has 0 saturated carbocycles. The lowest BCUT2D eigenvalue weighted by atomic mass is 9.96. The molecular weight excluding hydrogens is 495 g/mol. The minimum atomic E-state index is -4.40. The van der Waals surface area contributed by atoms with Crippen molar-refractivity contribution in [2.75, 3.05) is 50.8 Å². The normalized spacial score (nSPS) is 18.3. The maximum atomic E-state index is 13.1. The van der Waals surface area contributed by atoms with Gasteiger partial charge in [-0.3, -0.25) is 4.79 Å². The third-order valence-corrected chi connectivity index (χ3v) is 8.62. The number of anilines is 1. The van der Waals surface area contributed by atoms with Crippen LogP contribution in [0.2, 0.25) is 0 Å². The van der Waals surface area contributed by atoms with Crippen LogP contribution in [-0.2, 0) is 21.0 Å². The molecule has 2 aliphatic heterocycles. The summed E-state index contributed by atoms with van der Waals surface area (Å²) in [7, 11) is -3.65. The number of rotatable bonds is 6. The lowest BCUT2D eigenvalue weighted by molar-refractivity contribution is -0.137. The van der Waals surface area contributed by atoms with Crippen LogP contribution in [0.5, 0.6) is 5.75 Å². The molecule has 0 spiro atoms. The van der Waals surface area contributed by atoms with E-state index in [9.17, 15) is 26.4 Å². The molecule has 7 nitrogen and oxygen atoms in total. The van der Waals surface area contributed by atoms with Crippen molar-refractivity contribution in [3.05, 3.63) is 54.1 Å². The Hall–Kier alpha value is -2.79. The first kappa shape index (κ1) is 26.3. The predicted octanol–water partition coefficient (Wildman–Crippen LogP) is 3.85. The van der Waals surface area contributed by atoms with E-state index in [0.29, 0.717) is 57.1 Å². The predicted molar refractivity (Wildman–Crippen MR) is 129 cm³/mol. The van der Waals surface area contributed by atoms with Gasteiger partial charge in [0, 0.05) is 50.9 Å². The van der Waals surface area contributed by atoms with Crippen LogP contribution < -0.4 is 9.64 Å². The highest BCUT2D eigenvalue weighted by Gasteiger charge is 2.35. The monoisotopic (exact) mass is 525 g/mol. The van der Waals surface area contributed by atoms with Crippen LogP contribution in [0.4, 0.5) is 18.9 Å². The molecule has 0 atom stereocenters. The molecule has 2 heterocycles. The van der Waals surface area contributed by atoms with Crippen molar-refractivity contribution < 1.29 is 31.1 Å². The van der Waals surface area contributed by atoms with Gasteiger partial charge in [0.2, 0.25) is 15.9 Å². The number of carbonyl (C=O) groups is 1. The fraction of sp³-hybridized carbons (Fsp3) is 0.480. The third kappa shape index (κ3) is 5.78. The zero-order valence-corrected chi connectivity index (χ0v) is 20.9. The average molecular weight is 526 g/mol. The maximum absolute atomic E-state index is 13.1. The number of benzene rings is 2. The molecule has 0 aromatic heterocycles. The second kappa shape index (κ2) is 10.7. The van der Waals surface area contributed by atoms with Gasteiger partial charge in [0.25, 0.3) is 0 Å². The first-order valence-electron chi connectivity index (χ1n) is 12.0. The van der Waals surface area contributed by atoms with Gasteiger partial charge in [-0.1, -0.05) is 6.07 Å². The molecule has 0 bridgehead atoms. The van der Waals surface area contributed by atoms with Gasteiger partial charge in [-0.2, -0.15) is 17.5 Å². The molecule has 0 N–H and O–H groups in total. The Morgan fingerprint density at radius 3 is 2.19 bits per heavy atom. The van der Waals surface area contributed by atoms with Crippen LogP contribution >= 0.6 is 0 Å². The van der Waals surface area contributed by atoms with Crippen LogP contribution in [0.3, 0.4) is 0 Å². The van der Waals surface area contributed by atoms with Crippen molar-refractivity contribution in [3.63, 3.8) is 0 Å². The van der Waals surface area contributed by atoms with Gasteiger partial charge in [0.15, 0.2) is 0 Å². The van der Waals surface area contributed by atoms with Crippen LogP contribution in [0.15, 0.2) is 53.4 Å². The molecule has 2 aromatic carbocycles. The molecule has 36 heavy (non-hydrogen) atoms. The van der Waals surface area contributed by atoms with Crippen molar-refractivity contribution in [2.45, 2.75) is 30.8 Å². The summed E-state index contributed by atoms with van der Waals surface area (Å²) in [5, 5.41) is 0. The summed E-state index contributed by atoms with van der Waals surface area (Å²) in [6, 6.07) is 11.5. The number of alkyl halides is 3. The molecule has 2 aliphatic rings. The number of piperazine rings is 1. The highest BCUT2D eigenvalue weighted by Crippen LogP contribution is 2.32. The van der Waals surface area contributed by atoms with Gasteiger partial charge in [-0.15, -0.1) is 0 Å². The van der Waals surface area contributed by atoms with E-state index in [-0.39, 0.29) is 29.8 Å². The van der Waals surface area contributed by atoms with E-state index >= 15 is 0 Å². The summed E-state index contributed by atoms with van der Waals surface area (Å²) < 4.78 is 71.9. The number of hydrogen-bond acceptors (Lipinski definition) is 5. The van der Waals surface area contributed by atoms with Crippen molar-refractivity contribution >= 4 is 21.6 Å². The van der Waals surface area contributed by atoms with Crippen molar-refractivity contribution in [1.29, 1.82) is 0 Å². The lowest BCUT2D eigenvalue weighted by Crippen LogP contribution is -2.52. The molecule has 11 heteroatoms. The number of hydrogen-bond donors (Lipinski definition) is 0. The SMILES string of the molecule is CCOc1ccc(S(=O)(=O)N2CCC(C(=O)N3CCN(c4cccc(C(F)(F)F)c4)CC3)CC2)cc1. The van der Waals surface area contributed by atoms with Crippen LogP contribution in [-0.4, -0.2) is 69.4 Å². The summed E-state index contributed by atoms with van der Waals surface area (Å²) in [4.78, 5) is 16.9. The van der Waals surface area contributed by atoms with E-state index in [1.54, 1.807) is 23.1 Å². The van der Waals surface area contributed by atoms with E-state index in [1.165, 1.54) is 22.5 Å². The Balaban J connectivity index is 1.30. The fourth-order valence-electron chi connectivity index (χ4n) is 4.69. The van der Waals surface area contributed by atoms with E-state index in [1.807, 2.05) is 11.8 Å². The average Bonchev–Trinajstić information content (AvgIpc) is 2.88. The van der Waals surface area contributed by atoms with Crippen LogP contribution in [0, 0.1) is 5.92 Å². The lowest BCUT2D eigenvalue weighted by Gasteiger charge is -2.39. The number of carbonyl (C=O) groups excluding carboxylic acids is 1. The Kier molecular flexibility index (Phi) is 7.79. The molecule has 1 amide bonds. The summed E-state index contributed by atoms with van der Waals surface area (Å²) in [5.41, 5.74) is -0.199. The first-order chi connectivity index (χ1) is 17.1. The molecule has 2 saturated heterocycles. The Labute approximate surface area is 209 Å². The van der Waals surface area contributed by atoms with E-state index in [4.69, 9.17) is 4.74 Å². The molecule has 0 unspecified atom stereocenters. The third-order valence-electron chi connectivity index (χ3n) is 6.71. The number of amides is 1. The van der Waals surface area contributed by atoms with Gasteiger partial charge in [-0.25, -0.2) is 8.42 Å². The van der Waals surface area contributed by atoms with Crippen molar-refractivity contribution in [3.8, 4) is 5.75 Å². The second-order valence-corrected chi connectivity index (χ2v) is 10.9. The minimum absolute atomic E-state index is 0.0168. The van der Waals surface area contributed by atoms with Gasteiger partial charge in [0.1, 0.15) is 5.75 Å². The number of piperidine rings is 1. The van der Waals surface area contributed by atoms with Gasteiger partial charge < -0.3 is 14.5 Å². The van der Waals surface area contributed by atoms with Crippen LogP contribution in [0.25, 0.3) is 0 Å². The second-order valence-electron chi connectivity index (χ2n) is 8.94. The number of ether oxygens (including phenoxy) is 1. The van der Waals surface area contributed by atoms with E-state index in [2.05, 4.69) is 0 Å². The molecular formula is C25H30F3N3O4S. The number of sulfonamides is 1. The van der Waals surface area contributed by atoms with Gasteiger partial charge in [-0.05, 0) is 62.2 Å². The summed E-state index contributed by atoms with van der Waals surface area (Å²) >= 11 is 0. The van der Waals surface area contributed by atoms with Crippen LogP contribution in [0.1, 0.15) is 25.3 Å². The van der Waals surface area contributed by atoms with Gasteiger partial charge in [0.05, 0.1) is 17.1 Å². The molecule has 0 radical (unpaired) electrons. The largest absolute Gasteiger partial charge is 0.494 e. The van der Waals surface area contributed by atoms with Crippen molar-refractivity contribution in [1.82, 2.24) is 9.21 Å². The first-order valence-corrected chi connectivity index (χ1v) is 13.5. The quantitative estimate of drug-likeness (QED) is 0.573. The number of nitrogens with zero attached hydrogens (tertiary/aromatic N) is 3. The fourth-order valence-corrected chi connectivity index (χ4v) is 6.16. The maximum Gasteiger partial charge on any atom is 0.416 e. The Bertz CT molecular complexity index is 1160. The Morgan fingerprint density at radius 2 is 1.61 bits per heavy atom. The van der Waals surface area contributed by atoms with Gasteiger partial charge >= 0.3 is 6.18 Å². The molecule has 2 fully saturated rings. The summed E-state index contributed by atoms with van der Waals surface area (Å²) in [5.74, 6) is 0.322. The topological polar surface area (TPSA) is 70.2 Å². The summed E-state index contributed by atoms with van der Waals surface area (Å²) in [6.07, 6.45) is -3.53. The molecule has 2 aromatic rings. The highest BCUT2D eigenvalue weighted by molar-refractivity contribution is 7.89. The standard InChI is InChI=1S/C25H30F3N3O4S/c1-2-35-22-6-8-23(9-7-22)36(33,34)31-12-10-19(11-13-31)24(32)30-16-14-29(15-17-30)21-5-3-4-20(18-21)25(26,27)28/h3-9,18-19H,2,10-17H2,1H3. The van der Waals surface area contributed by atoms with Crippen molar-refractivity contribution in [2.24, 2.45) is 5.92 Å². The van der Waals surface area contributed by atoms with E-state index < -0.39 is 21.8 Å². The van der Waals surface area contributed by atoms with E-state index in [0.717, 1.165) is 12.1 Å². The Morgan fingerprint density at radius 1 is 0.972 bits per heavy atom. The smallest absolute Gasteiger partial charge is 0.416 e.